The van der Waals surface area contributed by atoms with Crippen LogP contribution >= 0.6 is 46.4 Å². The number of halogens is 4. The Kier molecular flexibility index (Phi) is 7.44. The molecule has 3 nitrogen and oxygen atoms in total. The highest BCUT2D eigenvalue weighted by molar-refractivity contribution is 6.51. The first kappa shape index (κ1) is 21.2. The molecule has 28 heavy (non-hydrogen) atoms. The minimum Gasteiger partial charge on any atom is -0.447 e. The minimum absolute atomic E-state index is 0.0145. The summed E-state index contributed by atoms with van der Waals surface area (Å²) in [5.41, 5.74) is 1.55. The van der Waals surface area contributed by atoms with Gasteiger partial charge in [0, 0.05) is 11.5 Å². The Morgan fingerprint density at radius 3 is 2.18 bits per heavy atom. The summed E-state index contributed by atoms with van der Waals surface area (Å²) in [6, 6.07) is 18.7. The lowest BCUT2D eigenvalue weighted by Crippen LogP contribution is -2.23. The summed E-state index contributed by atoms with van der Waals surface area (Å²) in [5, 5.41) is 0.155. The largest absolute Gasteiger partial charge is 0.447 e. The molecule has 0 aromatic heterocycles. The van der Waals surface area contributed by atoms with Crippen LogP contribution in [0.25, 0.3) is 0 Å². The molecule has 0 fully saturated rings. The van der Waals surface area contributed by atoms with Crippen LogP contribution < -0.4 is 0 Å². The van der Waals surface area contributed by atoms with E-state index in [4.69, 9.17) is 55.9 Å². The number of Topliss-reactive ketones (excluding diaryl/α,β-unsaturated/α-hetero) is 1. The fraction of sp³-hybridized carbons (Fsp3) is 0.190. The van der Waals surface area contributed by atoms with Crippen LogP contribution in [0, 0.1) is 0 Å². The van der Waals surface area contributed by atoms with E-state index >= 15 is 0 Å². The molecule has 146 valence electrons. The Labute approximate surface area is 183 Å². The Morgan fingerprint density at radius 2 is 1.54 bits per heavy atom. The summed E-state index contributed by atoms with van der Waals surface area (Å²) in [6.45, 7) is 0.199. The Balaban J connectivity index is 1.72. The number of rotatable bonds is 7. The van der Waals surface area contributed by atoms with Crippen LogP contribution in [0.5, 0.6) is 0 Å². The van der Waals surface area contributed by atoms with Crippen molar-refractivity contribution in [2.24, 2.45) is 0 Å². The van der Waals surface area contributed by atoms with Gasteiger partial charge in [0.05, 0.1) is 11.6 Å². The number of hydrogen-bond acceptors (Lipinski definition) is 3. The monoisotopic (exact) mass is 456 g/mol. The summed E-state index contributed by atoms with van der Waals surface area (Å²) in [4.78, 5) is 13.0. The normalized spacial score (nSPS) is 18.1. The van der Waals surface area contributed by atoms with Crippen molar-refractivity contribution >= 4 is 52.2 Å². The van der Waals surface area contributed by atoms with Crippen molar-refractivity contribution < 1.29 is 14.3 Å². The molecular weight excluding hydrogens is 442 g/mol. The minimum atomic E-state index is -0.965. The van der Waals surface area contributed by atoms with Gasteiger partial charge in [-0.2, -0.15) is 0 Å². The van der Waals surface area contributed by atoms with Gasteiger partial charge in [-0.05, 0) is 23.6 Å². The van der Waals surface area contributed by atoms with Gasteiger partial charge in [0.25, 0.3) is 0 Å². The molecule has 2 aromatic rings. The zero-order valence-corrected chi connectivity index (χ0v) is 17.6. The van der Waals surface area contributed by atoms with Crippen molar-refractivity contribution in [3.05, 3.63) is 92.1 Å². The van der Waals surface area contributed by atoms with Crippen molar-refractivity contribution in [3.8, 4) is 0 Å². The summed E-state index contributed by atoms with van der Waals surface area (Å²) >= 11 is 24.0. The van der Waals surface area contributed by atoms with E-state index in [1.165, 1.54) is 0 Å². The van der Waals surface area contributed by atoms with Gasteiger partial charge >= 0.3 is 0 Å². The molecule has 0 saturated carbocycles. The molecule has 0 aliphatic carbocycles. The number of hydrogen-bond donors (Lipinski definition) is 0. The Bertz CT molecular complexity index is 894. The molecule has 7 heteroatoms. The first-order valence-corrected chi connectivity index (χ1v) is 10.0. The van der Waals surface area contributed by atoms with Crippen LogP contribution in [0.15, 0.2) is 81.0 Å². The highest BCUT2D eigenvalue weighted by Gasteiger charge is 2.29. The first-order chi connectivity index (χ1) is 13.5. The Hall–Kier alpha value is -1.49. The van der Waals surface area contributed by atoms with Crippen LogP contribution in [-0.2, 0) is 9.47 Å². The number of allylic oxidation sites excluding steroid dienone is 2. The van der Waals surface area contributed by atoms with Crippen LogP contribution in [0.3, 0.4) is 0 Å². The highest BCUT2D eigenvalue weighted by Crippen LogP contribution is 2.38. The zero-order chi connectivity index (χ0) is 20.1. The molecule has 0 saturated heterocycles. The van der Waals surface area contributed by atoms with E-state index in [1.807, 2.05) is 48.5 Å². The number of carbonyl (C=O) groups excluding carboxylic acids is 1. The third kappa shape index (κ3) is 4.91. The van der Waals surface area contributed by atoms with Gasteiger partial charge in [0.15, 0.2) is 5.78 Å². The second-order valence-electron chi connectivity index (χ2n) is 6.05. The molecule has 0 N–H and O–H groups in total. The van der Waals surface area contributed by atoms with Crippen molar-refractivity contribution in [1.82, 2.24) is 0 Å². The van der Waals surface area contributed by atoms with Gasteiger partial charge in [-0.25, -0.2) is 0 Å². The first-order valence-electron chi connectivity index (χ1n) is 8.52. The van der Waals surface area contributed by atoms with Gasteiger partial charge in [0.1, 0.15) is 10.1 Å². The number of carbonyl (C=O) groups is 1. The second kappa shape index (κ2) is 9.82. The SMILES string of the molecule is O=C(c1ccccc1)C(CCOC1OC(Cl)=C(Cl)C(Cl)=C1Cl)c1ccccc1. The molecule has 2 atom stereocenters. The van der Waals surface area contributed by atoms with Crippen LogP contribution in [0.2, 0.25) is 0 Å². The number of benzene rings is 2. The van der Waals surface area contributed by atoms with Crippen molar-refractivity contribution in [2.75, 3.05) is 6.61 Å². The van der Waals surface area contributed by atoms with E-state index in [-0.39, 0.29) is 38.6 Å². The topological polar surface area (TPSA) is 35.5 Å². The van der Waals surface area contributed by atoms with E-state index in [0.29, 0.717) is 12.0 Å². The average Bonchev–Trinajstić information content (AvgIpc) is 2.74. The fourth-order valence-corrected chi connectivity index (χ4v) is 3.63. The van der Waals surface area contributed by atoms with Crippen molar-refractivity contribution in [1.29, 1.82) is 0 Å². The van der Waals surface area contributed by atoms with E-state index in [1.54, 1.807) is 12.1 Å². The summed E-state index contributed by atoms with van der Waals surface area (Å²) in [6.07, 6.45) is -0.540. The molecule has 0 bridgehead atoms. The predicted octanol–water partition coefficient (Wildman–Crippen LogP) is 6.75. The van der Waals surface area contributed by atoms with Crippen LogP contribution in [0.1, 0.15) is 28.3 Å². The maximum Gasteiger partial charge on any atom is 0.240 e. The molecule has 0 radical (unpaired) electrons. The lowest BCUT2D eigenvalue weighted by Gasteiger charge is -2.24. The molecule has 3 rings (SSSR count). The highest BCUT2D eigenvalue weighted by atomic mass is 35.5. The molecule has 0 spiro atoms. The van der Waals surface area contributed by atoms with Gasteiger partial charge < -0.3 is 9.47 Å². The van der Waals surface area contributed by atoms with Crippen molar-refractivity contribution in [3.63, 3.8) is 0 Å². The fourth-order valence-electron chi connectivity index (χ4n) is 2.83. The molecule has 1 aliphatic heterocycles. The number of ketones is 1. The molecule has 2 aromatic carbocycles. The molecule has 0 amide bonds. The standard InChI is InChI=1S/C21H16Cl4O3/c22-16-17(23)20(25)28-21(18(16)24)27-12-11-15(13-7-3-1-4-8-13)19(26)14-9-5-2-6-10-14/h1-10,15,21H,11-12H2. The maximum atomic E-state index is 13.0. The zero-order valence-electron chi connectivity index (χ0n) is 14.6. The summed E-state index contributed by atoms with van der Waals surface area (Å²) < 4.78 is 11.0. The smallest absolute Gasteiger partial charge is 0.240 e. The van der Waals surface area contributed by atoms with E-state index in [9.17, 15) is 4.79 Å². The average molecular weight is 458 g/mol. The van der Waals surface area contributed by atoms with Crippen LogP contribution in [-0.4, -0.2) is 18.7 Å². The predicted molar refractivity (Wildman–Crippen MR) is 113 cm³/mol. The molecule has 2 unspecified atom stereocenters. The lowest BCUT2D eigenvalue weighted by atomic mass is 9.88. The quantitative estimate of drug-likeness (QED) is 0.431. The van der Waals surface area contributed by atoms with Crippen LogP contribution in [0.4, 0.5) is 0 Å². The van der Waals surface area contributed by atoms with E-state index < -0.39 is 6.29 Å². The molecular formula is C21H16Cl4O3. The third-order valence-electron chi connectivity index (χ3n) is 4.24. The third-order valence-corrected chi connectivity index (χ3v) is 5.93. The summed E-state index contributed by atoms with van der Waals surface area (Å²) in [7, 11) is 0. The molecule has 1 heterocycles. The lowest BCUT2D eigenvalue weighted by molar-refractivity contribution is -0.0833. The number of ether oxygens (including phenoxy) is 2. The van der Waals surface area contributed by atoms with Gasteiger partial charge in [-0.1, -0.05) is 95.5 Å². The summed E-state index contributed by atoms with van der Waals surface area (Å²) in [5.74, 6) is -0.361. The molecule has 1 aliphatic rings. The van der Waals surface area contributed by atoms with E-state index in [0.717, 1.165) is 5.56 Å². The van der Waals surface area contributed by atoms with E-state index in [2.05, 4.69) is 0 Å². The second-order valence-corrected chi connectivity index (χ2v) is 7.56. The van der Waals surface area contributed by atoms with Gasteiger partial charge in [0.2, 0.25) is 11.5 Å². The maximum absolute atomic E-state index is 13.0. The van der Waals surface area contributed by atoms with Gasteiger partial charge in [-0.3, -0.25) is 4.79 Å². The Morgan fingerprint density at radius 1 is 0.929 bits per heavy atom. The van der Waals surface area contributed by atoms with Gasteiger partial charge in [-0.15, -0.1) is 0 Å². The van der Waals surface area contributed by atoms with Crippen molar-refractivity contribution in [2.45, 2.75) is 18.6 Å².